The number of carbonyl (C=O) groups is 2. The lowest BCUT2D eigenvalue weighted by Crippen LogP contribution is -2.48. The molecule has 2 aromatic carbocycles. The van der Waals surface area contributed by atoms with Crippen molar-refractivity contribution < 1.29 is 9.59 Å². The number of nitriles is 1. The van der Waals surface area contributed by atoms with E-state index in [0.717, 1.165) is 5.56 Å². The Bertz CT molecular complexity index is 1070. The van der Waals surface area contributed by atoms with Crippen LogP contribution >= 0.6 is 11.3 Å². The number of nitrogens with zero attached hydrogens (tertiary/aromatic N) is 3. The van der Waals surface area contributed by atoms with E-state index in [1.807, 2.05) is 50.2 Å². The van der Waals surface area contributed by atoms with Crippen LogP contribution in [0.2, 0.25) is 0 Å². The molecule has 152 valence electrons. The molecule has 8 nitrogen and oxygen atoms in total. The summed E-state index contributed by atoms with van der Waals surface area (Å²) in [7, 11) is 0. The summed E-state index contributed by atoms with van der Waals surface area (Å²) in [5.41, 5.74) is 1.80. The first kappa shape index (κ1) is 21.0. The van der Waals surface area contributed by atoms with Gasteiger partial charge in [0.25, 0.3) is 0 Å². The van der Waals surface area contributed by atoms with Gasteiger partial charge in [0.15, 0.2) is 0 Å². The first-order valence-electron chi connectivity index (χ1n) is 9.23. The minimum Gasteiger partial charge on any atom is -0.326 e. The predicted molar refractivity (Wildman–Crippen MR) is 116 cm³/mol. The van der Waals surface area contributed by atoms with Gasteiger partial charge in [-0.25, -0.2) is 4.79 Å². The largest absolute Gasteiger partial charge is 0.326 e. The second kappa shape index (κ2) is 9.62. The summed E-state index contributed by atoms with van der Waals surface area (Å²) in [5.74, 6) is -0.551. The molecule has 0 aliphatic heterocycles. The maximum absolute atomic E-state index is 12.7. The molecule has 3 aromatic rings. The first-order chi connectivity index (χ1) is 14.5. The van der Waals surface area contributed by atoms with Crippen molar-refractivity contribution in [3.05, 3.63) is 60.2 Å². The molecule has 30 heavy (non-hydrogen) atoms. The van der Waals surface area contributed by atoms with Crippen LogP contribution in [0.3, 0.4) is 0 Å². The van der Waals surface area contributed by atoms with Gasteiger partial charge in [-0.15, -0.1) is 10.2 Å². The molecule has 0 aliphatic rings. The van der Waals surface area contributed by atoms with E-state index in [9.17, 15) is 9.59 Å². The van der Waals surface area contributed by atoms with E-state index in [1.165, 1.54) is 11.3 Å². The topological polar surface area (TPSA) is 120 Å². The lowest BCUT2D eigenvalue weighted by atomic mass is 10.0. The molecule has 0 aliphatic carbocycles. The molecule has 0 fully saturated rings. The molecular weight excluding hydrogens is 400 g/mol. The normalized spacial score (nSPS) is 11.4. The van der Waals surface area contributed by atoms with Gasteiger partial charge in [-0.05, 0) is 24.1 Å². The van der Waals surface area contributed by atoms with Crippen LogP contribution in [0.5, 0.6) is 0 Å². The third kappa shape index (κ3) is 5.40. The van der Waals surface area contributed by atoms with Crippen molar-refractivity contribution in [2.45, 2.75) is 19.9 Å². The Morgan fingerprint density at radius 1 is 1.03 bits per heavy atom. The zero-order chi connectivity index (χ0) is 21.5. The zero-order valence-electron chi connectivity index (χ0n) is 16.4. The van der Waals surface area contributed by atoms with Crippen molar-refractivity contribution in [3.63, 3.8) is 0 Å². The van der Waals surface area contributed by atoms with Crippen LogP contribution in [0.1, 0.15) is 19.4 Å². The fourth-order valence-electron chi connectivity index (χ4n) is 2.66. The highest BCUT2D eigenvalue weighted by Crippen LogP contribution is 2.26. The van der Waals surface area contributed by atoms with Crippen molar-refractivity contribution in [1.82, 2.24) is 15.5 Å². The lowest BCUT2D eigenvalue weighted by molar-refractivity contribution is -0.118. The second-order valence-corrected chi connectivity index (χ2v) is 7.76. The van der Waals surface area contributed by atoms with Crippen LogP contribution in [-0.4, -0.2) is 28.2 Å². The number of hydrogen-bond acceptors (Lipinski definition) is 6. The van der Waals surface area contributed by atoms with Crippen LogP contribution in [0.4, 0.5) is 15.6 Å². The average Bonchev–Trinajstić information content (AvgIpc) is 3.21. The third-order valence-corrected chi connectivity index (χ3v) is 5.05. The molecular formula is C21H20N6O2S. The Labute approximate surface area is 178 Å². The van der Waals surface area contributed by atoms with Crippen molar-refractivity contribution in [1.29, 1.82) is 5.26 Å². The minimum atomic E-state index is -0.784. The van der Waals surface area contributed by atoms with Gasteiger partial charge >= 0.3 is 6.03 Å². The molecule has 0 saturated carbocycles. The number of benzene rings is 2. The summed E-state index contributed by atoms with van der Waals surface area (Å²) >= 11 is 1.26. The van der Waals surface area contributed by atoms with E-state index < -0.39 is 12.1 Å². The van der Waals surface area contributed by atoms with Gasteiger partial charge in [-0.3, -0.25) is 10.1 Å². The maximum atomic E-state index is 12.7. The molecule has 1 heterocycles. The third-order valence-electron chi connectivity index (χ3n) is 4.16. The van der Waals surface area contributed by atoms with Crippen LogP contribution in [0.25, 0.3) is 10.6 Å². The maximum Gasteiger partial charge on any atom is 0.319 e. The Balaban J connectivity index is 1.64. The Kier molecular flexibility index (Phi) is 6.72. The summed E-state index contributed by atoms with van der Waals surface area (Å²) in [6.07, 6.45) is 0. The van der Waals surface area contributed by atoms with Crippen LogP contribution in [-0.2, 0) is 4.79 Å². The number of anilines is 2. The molecule has 1 aromatic heterocycles. The average molecular weight is 420 g/mol. The lowest BCUT2D eigenvalue weighted by Gasteiger charge is -2.21. The Morgan fingerprint density at radius 3 is 2.50 bits per heavy atom. The number of aromatic nitrogens is 2. The number of nitrogens with one attached hydrogen (secondary N) is 3. The van der Waals surface area contributed by atoms with Crippen molar-refractivity contribution in [2.75, 3.05) is 10.6 Å². The van der Waals surface area contributed by atoms with E-state index in [4.69, 9.17) is 5.26 Å². The molecule has 0 bridgehead atoms. The standard InChI is InChI=1S/C21H20N6O2S/c1-13(2)17(24-20(29)23-16-10-6-7-14(11-16)12-22)18(28)25-21-27-26-19(30-21)15-8-4-3-5-9-15/h3-11,13,17H,1-2H3,(H2,23,24,29)(H,25,27,28). The Hall–Kier alpha value is -3.77. The number of rotatable bonds is 6. The van der Waals surface area contributed by atoms with Gasteiger partial charge in [-0.1, -0.05) is 61.6 Å². The summed E-state index contributed by atoms with van der Waals surface area (Å²) in [6, 6.07) is 16.7. The highest BCUT2D eigenvalue weighted by atomic mass is 32.1. The van der Waals surface area contributed by atoms with E-state index in [2.05, 4.69) is 26.1 Å². The van der Waals surface area contributed by atoms with Gasteiger partial charge in [0.1, 0.15) is 11.0 Å². The second-order valence-electron chi connectivity index (χ2n) is 6.78. The van der Waals surface area contributed by atoms with Gasteiger partial charge in [-0.2, -0.15) is 5.26 Å². The molecule has 1 unspecified atom stereocenters. The molecule has 0 spiro atoms. The van der Waals surface area contributed by atoms with Crippen molar-refractivity contribution in [3.8, 4) is 16.6 Å². The number of hydrogen-bond donors (Lipinski definition) is 3. The van der Waals surface area contributed by atoms with Gasteiger partial charge in [0.05, 0.1) is 11.6 Å². The molecule has 0 saturated heterocycles. The molecule has 9 heteroatoms. The van der Waals surface area contributed by atoms with E-state index in [-0.39, 0.29) is 11.8 Å². The van der Waals surface area contributed by atoms with Gasteiger partial charge in [0, 0.05) is 11.3 Å². The quantitative estimate of drug-likeness (QED) is 0.559. The first-order valence-corrected chi connectivity index (χ1v) is 10.1. The molecule has 3 amide bonds. The summed E-state index contributed by atoms with van der Waals surface area (Å²) in [5, 5.41) is 26.2. The summed E-state index contributed by atoms with van der Waals surface area (Å²) in [6.45, 7) is 3.66. The molecule has 1 atom stereocenters. The molecule has 3 N–H and O–H groups in total. The fourth-order valence-corrected chi connectivity index (χ4v) is 3.42. The molecule has 3 rings (SSSR count). The smallest absolute Gasteiger partial charge is 0.319 e. The van der Waals surface area contributed by atoms with Crippen LogP contribution in [0, 0.1) is 17.2 Å². The SMILES string of the molecule is CC(C)C(NC(=O)Nc1cccc(C#N)c1)C(=O)Nc1nnc(-c2ccccc2)s1. The monoisotopic (exact) mass is 420 g/mol. The number of amides is 3. The van der Waals surface area contributed by atoms with Crippen LogP contribution in [0.15, 0.2) is 54.6 Å². The zero-order valence-corrected chi connectivity index (χ0v) is 17.2. The van der Waals surface area contributed by atoms with E-state index in [0.29, 0.717) is 21.4 Å². The van der Waals surface area contributed by atoms with E-state index >= 15 is 0 Å². The Morgan fingerprint density at radius 2 is 1.80 bits per heavy atom. The van der Waals surface area contributed by atoms with Gasteiger partial charge < -0.3 is 10.6 Å². The minimum absolute atomic E-state index is 0.164. The predicted octanol–water partition coefficient (Wildman–Crippen LogP) is 3.86. The van der Waals surface area contributed by atoms with Crippen molar-refractivity contribution >= 4 is 34.1 Å². The highest BCUT2D eigenvalue weighted by molar-refractivity contribution is 7.18. The van der Waals surface area contributed by atoms with Crippen LogP contribution < -0.4 is 16.0 Å². The van der Waals surface area contributed by atoms with E-state index in [1.54, 1.807) is 24.3 Å². The highest BCUT2D eigenvalue weighted by Gasteiger charge is 2.25. The number of urea groups is 1. The number of carbonyl (C=O) groups excluding carboxylic acids is 2. The fraction of sp³-hybridized carbons (Fsp3) is 0.190. The summed E-state index contributed by atoms with van der Waals surface area (Å²) < 4.78 is 0. The van der Waals surface area contributed by atoms with Crippen molar-refractivity contribution in [2.24, 2.45) is 5.92 Å². The molecule has 0 radical (unpaired) electrons. The summed E-state index contributed by atoms with van der Waals surface area (Å²) in [4.78, 5) is 25.1. The van der Waals surface area contributed by atoms with Gasteiger partial charge in [0.2, 0.25) is 11.0 Å².